The molecule has 3 aromatic rings. The molecule has 1 aromatic carbocycles. The van der Waals surface area contributed by atoms with Crippen molar-refractivity contribution in [3.8, 4) is 11.6 Å². The monoisotopic (exact) mass is 646 g/mol. The van der Waals surface area contributed by atoms with Crippen LogP contribution in [0.25, 0.3) is 11.6 Å². The van der Waals surface area contributed by atoms with E-state index in [1.54, 1.807) is 30.3 Å². The van der Waals surface area contributed by atoms with Crippen molar-refractivity contribution in [1.29, 1.82) is 0 Å². The van der Waals surface area contributed by atoms with Gasteiger partial charge in [0, 0.05) is 0 Å². The first-order chi connectivity index (χ1) is 20.9. The smallest absolute Gasteiger partial charge is 0.426 e. The molecule has 246 valence electrons. The number of hydrogen-bond donors (Lipinski definition) is 3. The minimum atomic E-state index is -5.14. The number of benzene rings is 1. The van der Waals surface area contributed by atoms with Crippen molar-refractivity contribution >= 4 is 11.8 Å². The number of fused-ring (bicyclic) bond motifs is 5. The van der Waals surface area contributed by atoms with Crippen LogP contribution in [0.3, 0.4) is 0 Å². The Balaban J connectivity index is 1.92. The number of nitrogens with zero attached hydrogens (tertiary/aromatic N) is 3. The molecule has 1 amide bonds. The SMILES string of the molecule is CC(C)(C)OC(=O)Nc1cc(C(F)(F)F)c2nc1-c1nnc(o1)[C@@](OCc1ccccc1)(C(F)(F)F)CCCC(O)CCC2O. The van der Waals surface area contributed by atoms with Gasteiger partial charge < -0.3 is 24.1 Å². The van der Waals surface area contributed by atoms with Crippen LogP contribution in [-0.2, 0) is 27.9 Å². The van der Waals surface area contributed by atoms with Crippen LogP contribution in [0.4, 0.5) is 36.8 Å². The summed E-state index contributed by atoms with van der Waals surface area (Å²) in [4.78, 5) is 16.5. The summed E-state index contributed by atoms with van der Waals surface area (Å²) in [6, 6.07) is 8.42. The predicted octanol–water partition coefficient (Wildman–Crippen LogP) is 6.83. The van der Waals surface area contributed by atoms with E-state index in [9.17, 15) is 41.4 Å². The summed E-state index contributed by atoms with van der Waals surface area (Å²) in [6.45, 7) is 3.98. The van der Waals surface area contributed by atoms with E-state index in [4.69, 9.17) is 13.9 Å². The second kappa shape index (κ2) is 12.9. The van der Waals surface area contributed by atoms with Crippen molar-refractivity contribution in [2.24, 2.45) is 0 Å². The second-order valence-corrected chi connectivity index (χ2v) is 11.6. The highest BCUT2D eigenvalue weighted by Gasteiger charge is 2.61. The third-order valence-corrected chi connectivity index (χ3v) is 6.91. The number of halogens is 6. The third-order valence-electron chi connectivity index (χ3n) is 6.91. The van der Waals surface area contributed by atoms with Crippen molar-refractivity contribution in [1.82, 2.24) is 15.2 Å². The zero-order chi connectivity index (χ0) is 33.2. The van der Waals surface area contributed by atoms with Crippen LogP contribution in [0.15, 0.2) is 40.8 Å². The molecule has 16 heteroatoms. The van der Waals surface area contributed by atoms with Crippen LogP contribution >= 0.6 is 0 Å². The molecule has 1 aliphatic heterocycles. The van der Waals surface area contributed by atoms with E-state index in [0.717, 1.165) is 0 Å². The summed E-state index contributed by atoms with van der Waals surface area (Å²) >= 11 is 0. The first-order valence-electron chi connectivity index (χ1n) is 14.0. The Bertz CT molecular complexity index is 1470. The molecule has 2 aromatic heterocycles. The van der Waals surface area contributed by atoms with Gasteiger partial charge in [0.15, 0.2) is 5.69 Å². The molecule has 2 unspecified atom stereocenters. The van der Waals surface area contributed by atoms with Crippen molar-refractivity contribution in [3.63, 3.8) is 0 Å². The number of anilines is 1. The van der Waals surface area contributed by atoms with Crippen LogP contribution in [0.5, 0.6) is 0 Å². The summed E-state index contributed by atoms with van der Waals surface area (Å²) < 4.78 is 103. The molecule has 0 saturated carbocycles. The molecule has 4 rings (SSSR count). The number of amides is 1. The van der Waals surface area contributed by atoms with Crippen LogP contribution in [0.1, 0.15) is 81.7 Å². The van der Waals surface area contributed by atoms with Crippen LogP contribution in [-0.4, -0.2) is 49.4 Å². The van der Waals surface area contributed by atoms with Gasteiger partial charge in [0.05, 0.1) is 35.8 Å². The Hall–Kier alpha value is -3.76. The average molecular weight is 647 g/mol. The maximum atomic E-state index is 14.9. The molecular formula is C29H32F6N4O6. The maximum Gasteiger partial charge on any atom is 0.426 e. The van der Waals surface area contributed by atoms with Crippen molar-refractivity contribution < 1.29 is 55.2 Å². The first-order valence-corrected chi connectivity index (χ1v) is 14.0. The first kappa shape index (κ1) is 34.1. The van der Waals surface area contributed by atoms with Gasteiger partial charge in [-0.2, -0.15) is 26.3 Å². The van der Waals surface area contributed by atoms with Crippen LogP contribution in [0, 0.1) is 0 Å². The number of alkyl halides is 6. The van der Waals surface area contributed by atoms with E-state index in [-0.39, 0.29) is 19.3 Å². The van der Waals surface area contributed by atoms with Gasteiger partial charge in [-0.1, -0.05) is 30.3 Å². The number of hydrogen-bond acceptors (Lipinski definition) is 9. The summed E-state index contributed by atoms with van der Waals surface area (Å²) in [7, 11) is 0. The highest BCUT2D eigenvalue weighted by atomic mass is 19.4. The van der Waals surface area contributed by atoms with Gasteiger partial charge in [0.1, 0.15) is 5.60 Å². The number of carbonyl (C=O) groups excluding carboxylic acids is 1. The number of aliphatic hydroxyl groups is 2. The van der Waals surface area contributed by atoms with Gasteiger partial charge in [-0.25, -0.2) is 9.78 Å². The predicted molar refractivity (Wildman–Crippen MR) is 145 cm³/mol. The fourth-order valence-corrected chi connectivity index (χ4v) is 4.75. The van der Waals surface area contributed by atoms with E-state index in [1.165, 1.54) is 20.8 Å². The normalized spacial score (nSPS) is 21.6. The standard InChI is InChI=1S/C29H32F6N4O6/c1-26(2,3)45-25(42)36-19-14-18(28(30,31)32)21-20(41)12-11-17(40)10-7-13-27(29(33,34)35,43-15-16-8-5-4-6-9-16)24-39-38-23(44-24)22(19)37-21/h4-6,8-9,14,17,20,40-41H,7,10-13,15H2,1-3H3,(H,36,42)/t17?,20?,27-/m1/s1. The lowest BCUT2D eigenvalue weighted by Crippen LogP contribution is -2.45. The Morgan fingerprint density at radius 1 is 1.04 bits per heavy atom. The van der Waals surface area contributed by atoms with E-state index in [0.29, 0.717) is 11.6 Å². The summed E-state index contributed by atoms with van der Waals surface area (Å²) in [5.41, 5.74) is -7.57. The lowest BCUT2D eigenvalue weighted by Gasteiger charge is -2.33. The molecule has 0 spiro atoms. The molecule has 4 bridgehead atoms. The van der Waals surface area contributed by atoms with E-state index in [1.807, 2.05) is 0 Å². The number of aliphatic hydroxyl groups excluding tert-OH is 2. The molecule has 3 N–H and O–H groups in total. The molecule has 0 radical (unpaired) electrons. The largest absolute Gasteiger partial charge is 0.444 e. The molecule has 3 atom stereocenters. The highest BCUT2D eigenvalue weighted by Crippen LogP contribution is 2.48. The van der Waals surface area contributed by atoms with Gasteiger partial charge in [-0.15, -0.1) is 10.2 Å². The van der Waals surface area contributed by atoms with Crippen molar-refractivity contribution in [2.45, 2.75) is 95.2 Å². The number of aromatic nitrogens is 3. The topological polar surface area (TPSA) is 140 Å². The Morgan fingerprint density at radius 3 is 2.36 bits per heavy atom. The minimum Gasteiger partial charge on any atom is -0.444 e. The lowest BCUT2D eigenvalue weighted by atomic mass is 9.92. The van der Waals surface area contributed by atoms with Gasteiger partial charge in [0.2, 0.25) is 5.60 Å². The lowest BCUT2D eigenvalue weighted by molar-refractivity contribution is -0.300. The molecule has 0 saturated heterocycles. The average Bonchev–Trinajstić information content (AvgIpc) is 3.41. The second-order valence-electron chi connectivity index (χ2n) is 11.6. The van der Waals surface area contributed by atoms with E-state index in [2.05, 4.69) is 20.5 Å². The molecule has 0 fully saturated rings. The van der Waals surface area contributed by atoms with Crippen LogP contribution < -0.4 is 5.32 Å². The molecule has 10 nitrogen and oxygen atoms in total. The Kier molecular flexibility index (Phi) is 9.80. The van der Waals surface area contributed by atoms with Gasteiger partial charge >= 0.3 is 18.4 Å². The van der Waals surface area contributed by atoms with Crippen LogP contribution in [0.2, 0.25) is 0 Å². The maximum absolute atomic E-state index is 14.9. The fourth-order valence-electron chi connectivity index (χ4n) is 4.75. The van der Waals surface area contributed by atoms with E-state index >= 15 is 0 Å². The number of ether oxygens (including phenoxy) is 2. The van der Waals surface area contributed by atoms with Crippen molar-refractivity contribution in [3.05, 3.63) is 59.1 Å². The quantitative estimate of drug-likeness (QED) is 0.260. The fraction of sp³-hybridized carbons (Fsp3) is 0.517. The van der Waals surface area contributed by atoms with Gasteiger partial charge in [0.25, 0.3) is 11.8 Å². The molecule has 1 aliphatic rings. The molecular weight excluding hydrogens is 614 g/mol. The summed E-state index contributed by atoms with van der Waals surface area (Å²) in [6.07, 6.45) is -16.5. The minimum absolute atomic E-state index is 0.205. The third kappa shape index (κ3) is 8.10. The Labute approximate surface area is 253 Å². The van der Waals surface area contributed by atoms with Gasteiger partial charge in [-0.05, 0) is 64.5 Å². The van der Waals surface area contributed by atoms with E-state index < -0.39 is 95.7 Å². The number of nitrogens with one attached hydrogen (secondary N) is 1. The van der Waals surface area contributed by atoms with Crippen molar-refractivity contribution in [2.75, 3.05) is 5.32 Å². The summed E-state index contributed by atoms with van der Waals surface area (Å²) in [5.74, 6) is -1.85. The molecule has 45 heavy (non-hydrogen) atoms. The zero-order valence-electron chi connectivity index (χ0n) is 24.5. The number of pyridine rings is 1. The Morgan fingerprint density at radius 2 is 1.73 bits per heavy atom. The molecule has 0 aliphatic carbocycles. The van der Waals surface area contributed by atoms with Gasteiger partial charge in [-0.3, -0.25) is 5.32 Å². The zero-order valence-corrected chi connectivity index (χ0v) is 24.5. The highest BCUT2D eigenvalue weighted by molar-refractivity contribution is 5.89. The number of carbonyl (C=O) groups is 1. The summed E-state index contributed by atoms with van der Waals surface area (Å²) in [5, 5.41) is 30.6. The molecule has 3 heterocycles. The number of rotatable bonds is 4.